The van der Waals surface area contributed by atoms with Crippen molar-refractivity contribution in [3.05, 3.63) is 108 Å². The Labute approximate surface area is 235 Å². The summed E-state index contributed by atoms with van der Waals surface area (Å²) in [5, 5.41) is 12.1. The fraction of sp³-hybridized carbons (Fsp3) is 0.364. The van der Waals surface area contributed by atoms with Gasteiger partial charge >= 0.3 is 5.97 Å². The number of hydrogen-bond donors (Lipinski definition) is 2. The van der Waals surface area contributed by atoms with Crippen LogP contribution in [0.15, 0.2) is 91.0 Å². The van der Waals surface area contributed by atoms with Gasteiger partial charge in [0.2, 0.25) is 11.8 Å². The summed E-state index contributed by atoms with van der Waals surface area (Å²) < 4.78 is 0. The van der Waals surface area contributed by atoms with E-state index in [1.54, 1.807) is 13.8 Å². The van der Waals surface area contributed by atoms with Crippen LogP contribution in [0.3, 0.4) is 0 Å². The molecule has 2 aliphatic rings. The molecule has 0 radical (unpaired) electrons. The molecule has 3 aromatic rings. The average Bonchev–Trinajstić information content (AvgIpc) is 3.78. The summed E-state index contributed by atoms with van der Waals surface area (Å²) in [5.74, 6) is -1.68. The van der Waals surface area contributed by atoms with E-state index in [4.69, 9.17) is 0 Å². The van der Waals surface area contributed by atoms with Crippen molar-refractivity contribution in [3.63, 3.8) is 0 Å². The molecule has 0 saturated carbocycles. The van der Waals surface area contributed by atoms with Crippen molar-refractivity contribution in [2.24, 2.45) is 11.8 Å². The first kappa shape index (κ1) is 27.6. The second-order valence-electron chi connectivity index (χ2n) is 11.1. The number of rotatable bonds is 9. The number of piperidine rings is 1. The fourth-order valence-corrected chi connectivity index (χ4v) is 6.11. The van der Waals surface area contributed by atoms with Gasteiger partial charge in [0.1, 0.15) is 12.1 Å². The number of carboxylic acids is 1. The Hall–Kier alpha value is -3.97. The van der Waals surface area contributed by atoms with Gasteiger partial charge in [0.05, 0.1) is 5.54 Å². The van der Waals surface area contributed by atoms with Crippen molar-refractivity contribution in [1.82, 2.24) is 15.1 Å². The minimum absolute atomic E-state index is 0.0802. The van der Waals surface area contributed by atoms with E-state index in [1.165, 1.54) is 0 Å². The lowest BCUT2D eigenvalue weighted by Crippen LogP contribution is -2.50. The van der Waals surface area contributed by atoms with Gasteiger partial charge in [-0.15, -0.1) is 0 Å². The second kappa shape index (κ2) is 11.6. The molecule has 2 amide bonds. The molecule has 0 spiro atoms. The predicted molar refractivity (Wildman–Crippen MR) is 153 cm³/mol. The van der Waals surface area contributed by atoms with E-state index < -0.39 is 17.6 Å². The third kappa shape index (κ3) is 5.26. The first-order chi connectivity index (χ1) is 19.3. The molecule has 3 atom stereocenters. The number of nitrogens with zero attached hydrogens (tertiary/aromatic N) is 2. The van der Waals surface area contributed by atoms with Crippen LogP contribution in [0.25, 0.3) is 0 Å². The lowest BCUT2D eigenvalue weighted by Gasteiger charge is -2.39. The number of amides is 2. The van der Waals surface area contributed by atoms with Crippen LogP contribution in [0, 0.1) is 11.8 Å². The average molecular weight is 540 g/mol. The molecule has 208 valence electrons. The summed E-state index contributed by atoms with van der Waals surface area (Å²) in [6.45, 7) is 5.15. The van der Waals surface area contributed by atoms with Crippen LogP contribution >= 0.6 is 0 Å². The SMILES string of the molecule is CC(C)[C@H](NC(=O)C1CCN(C(=O)C2C[N@@]2C(c2ccccc2)(c2ccccc2)c2ccccc2)CC1)C(=O)O. The Bertz CT molecular complexity index is 1220. The van der Waals surface area contributed by atoms with Gasteiger partial charge in [0, 0.05) is 25.6 Å². The molecule has 2 N–H and O–H groups in total. The van der Waals surface area contributed by atoms with Crippen LogP contribution < -0.4 is 5.32 Å². The lowest BCUT2D eigenvalue weighted by atomic mass is 9.76. The monoisotopic (exact) mass is 539 g/mol. The minimum atomic E-state index is -1.02. The number of nitrogens with one attached hydrogen (secondary N) is 1. The fourth-order valence-electron chi connectivity index (χ4n) is 6.11. The molecule has 0 aliphatic carbocycles. The van der Waals surface area contributed by atoms with Crippen molar-refractivity contribution in [2.75, 3.05) is 19.6 Å². The number of likely N-dealkylation sites (tertiary alicyclic amines) is 1. The molecule has 2 saturated heterocycles. The van der Waals surface area contributed by atoms with Crippen molar-refractivity contribution in [2.45, 2.75) is 44.3 Å². The van der Waals surface area contributed by atoms with Gasteiger partial charge in [-0.3, -0.25) is 14.5 Å². The first-order valence-corrected chi connectivity index (χ1v) is 14.1. The van der Waals surface area contributed by atoms with Crippen LogP contribution in [0.5, 0.6) is 0 Å². The molecular formula is C33H37N3O4. The van der Waals surface area contributed by atoms with Crippen molar-refractivity contribution < 1.29 is 19.5 Å². The molecule has 2 fully saturated rings. The molecule has 2 heterocycles. The molecule has 1 unspecified atom stereocenters. The summed E-state index contributed by atoms with van der Waals surface area (Å²) in [6, 6.07) is 29.9. The number of carbonyl (C=O) groups excluding carboxylic acids is 2. The Morgan fingerprint density at radius 3 is 1.65 bits per heavy atom. The highest BCUT2D eigenvalue weighted by atomic mass is 16.4. The Morgan fingerprint density at radius 2 is 1.25 bits per heavy atom. The summed E-state index contributed by atoms with van der Waals surface area (Å²) in [7, 11) is 0. The normalized spacial score (nSPS) is 20.1. The molecule has 0 aromatic heterocycles. The van der Waals surface area contributed by atoms with Gasteiger partial charge in [0.15, 0.2) is 0 Å². The van der Waals surface area contributed by atoms with Crippen molar-refractivity contribution >= 4 is 17.8 Å². The zero-order chi connectivity index (χ0) is 28.3. The van der Waals surface area contributed by atoms with E-state index in [-0.39, 0.29) is 29.7 Å². The topological polar surface area (TPSA) is 89.7 Å². The van der Waals surface area contributed by atoms with Gasteiger partial charge < -0.3 is 15.3 Å². The Balaban J connectivity index is 1.36. The predicted octanol–water partition coefficient (Wildman–Crippen LogP) is 4.13. The largest absolute Gasteiger partial charge is 0.480 e. The summed E-state index contributed by atoms with van der Waals surface area (Å²) in [6.07, 6.45) is 1.05. The number of aliphatic carboxylic acids is 1. The van der Waals surface area contributed by atoms with E-state index in [9.17, 15) is 19.5 Å². The highest BCUT2D eigenvalue weighted by molar-refractivity contribution is 5.87. The third-order valence-corrected chi connectivity index (χ3v) is 8.31. The standard InChI is InChI=1S/C33H37N3O4/c1-23(2)29(32(39)40)34-30(37)24-18-20-35(21-19-24)31(38)28-22-36(28)33(25-12-6-3-7-13-25,26-14-8-4-9-15-26)27-16-10-5-11-17-27/h3-17,23-24,28-29H,18-22H2,1-2H3,(H,34,37)(H,39,40)/t28?,29-,36+/m0/s1. The molecule has 7 heteroatoms. The second-order valence-corrected chi connectivity index (χ2v) is 11.1. The van der Waals surface area contributed by atoms with E-state index in [0.717, 1.165) is 16.7 Å². The number of hydrogen-bond acceptors (Lipinski definition) is 4. The summed E-state index contributed by atoms with van der Waals surface area (Å²) >= 11 is 0. The highest BCUT2D eigenvalue weighted by Crippen LogP contribution is 2.48. The third-order valence-electron chi connectivity index (χ3n) is 8.31. The maximum Gasteiger partial charge on any atom is 0.326 e. The van der Waals surface area contributed by atoms with Crippen molar-refractivity contribution in [3.8, 4) is 0 Å². The smallest absolute Gasteiger partial charge is 0.326 e. The lowest BCUT2D eigenvalue weighted by molar-refractivity contribution is -0.144. The molecule has 0 bridgehead atoms. The molecule has 3 aromatic carbocycles. The van der Waals surface area contributed by atoms with Crippen LogP contribution in [-0.4, -0.2) is 64.4 Å². The molecule has 40 heavy (non-hydrogen) atoms. The molecule has 7 nitrogen and oxygen atoms in total. The van der Waals surface area contributed by atoms with Gasteiger partial charge in [-0.25, -0.2) is 4.79 Å². The maximum absolute atomic E-state index is 13.9. The van der Waals surface area contributed by atoms with E-state index in [0.29, 0.717) is 32.5 Å². The van der Waals surface area contributed by atoms with E-state index in [2.05, 4.69) is 46.6 Å². The van der Waals surface area contributed by atoms with Crippen LogP contribution in [-0.2, 0) is 19.9 Å². The number of carbonyl (C=O) groups is 3. The van der Waals surface area contributed by atoms with Gasteiger partial charge in [0.25, 0.3) is 0 Å². The van der Waals surface area contributed by atoms with Crippen LogP contribution in [0.2, 0.25) is 0 Å². The molecular weight excluding hydrogens is 502 g/mol. The van der Waals surface area contributed by atoms with Gasteiger partial charge in [-0.2, -0.15) is 0 Å². The van der Waals surface area contributed by atoms with Crippen LogP contribution in [0.1, 0.15) is 43.4 Å². The first-order valence-electron chi connectivity index (χ1n) is 14.1. The van der Waals surface area contributed by atoms with Crippen LogP contribution in [0.4, 0.5) is 0 Å². The Kier molecular flexibility index (Phi) is 8.03. The highest BCUT2D eigenvalue weighted by Gasteiger charge is 2.56. The van der Waals surface area contributed by atoms with Gasteiger partial charge in [-0.05, 0) is 35.4 Å². The van der Waals surface area contributed by atoms with Gasteiger partial charge in [-0.1, -0.05) is 105 Å². The zero-order valence-corrected chi connectivity index (χ0v) is 23.1. The summed E-state index contributed by atoms with van der Waals surface area (Å²) in [5.41, 5.74) is 2.70. The van der Waals surface area contributed by atoms with E-state index in [1.807, 2.05) is 59.5 Å². The molecule has 5 rings (SSSR count). The summed E-state index contributed by atoms with van der Waals surface area (Å²) in [4.78, 5) is 42.3. The minimum Gasteiger partial charge on any atom is -0.480 e. The molecule has 2 aliphatic heterocycles. The quantitative estimate of drug-likeness (QED) is 0.315. The Morgan fingerprint density at radius 1 is 0.800 bits per heavy atom. The maximum atomic E-state index is 13.9. The zero-order valence-electron chi connectivity index (χ0n) is 23.1. The number of benzene rings is 3. The van der Waals surface area contributed by atoms with E-state index >= 15 is 0 Å². The van der Waals surface area contributed by atoms with Crippen molar-refractivity contribution in [1.29, 1.82) is 0 Å². The number of carboxylic acid groups (broad SMARTS) is 1.